The van der Waals surface area contributed by atoms with Crippen LogP contribution in [0.3, 0.4) is 0 Å². The second-order valence-electron chi connectivity index (χ2n) is 5.68. The average Bonchev–Trinajstić information content (AvgIpc) is 3.27. The molecule has 7 nitrogen and oxygen atoms in total. The number of pyridine rings is 1. The lowest BCUT2D eigenvalue weighted by molar-refractivity contribution is -0.129. The summed E-state index contributed by atoms with van der Waals surface area (Å²) in [6.45, 7) is 2.66. The molecule has 0 aliphatic carbocycles. The van der Waals surface area contributed by atoms with Gasteiger partial charge in [0.2, 0.25) is 17.6 Å². The summed E-state index contributed by atoms with van der Waals surface area (Å²) in [5, 5.41) is 3.93. The zero-order valence-corrected chi connectivity index (χ0v) is 15.0. The van der Waals surface area contributed by atoms with Gasteiger partial charge in [0, 0.05) is 55.7 Å². The zero-order valence-electron chi connectivity index (χ0n) is 14.2. The Labute approximate surface area is 149 Å². The van der Waals surface area contributed by atoms with E-state index < -0.39 is 0 Å². The third kappa shape index (κ3) is 4.48. The molecule has 0 aliphatic rings. The SMILES string of the molecule is Cc1ncsc1CCN(C)C(=O)CCc1nc(-c2cccnc2)no1. The number of carbonyl (C=O) groups excluding carboxylic acids is 1. The molecular formula is C17H19N5O2S. The molecule has 0 atom stereocenters. The Morgan fingerprint density at radius 2 is 2.24 bits per heavy atom. The Kier molecular flexibility index (Phi) is 5.49. The number of amides is 1. The predicted octanol–water partition coefficient (Wildman–Crippen LogP) is 2.53. The van der Waals surface area contributed by atoms with E-state index in [9.17, 15) is 4.79 Å². The molecule has 25 heavy (non-hydrogen) atoms. The average molecular weight is 357 g/mol. The Morgan fingerprint density at radius 1 is 1.36 bits per heavy atom. The topological polar surface area (TPSA) is 85.0 Å². The molecule has 3 heterocycles. The number of hydrogen-bond donors (Lipinski definition) is 0. The van der Waals surface area contributed by atoms with Crippen LogP contribution in [0.25, 0.3) is 11.4 Å². The Bertz CT molecular complexity index is 830. The minimum absolute atomic E-state index is 0.0586. The number of nitrogens with zero attached hydrogens (tertiary/aromatic N) is 5. The molecule has 8 heteroatoms. The van der Waals surface area contributed by atoms with Crippen molar-refractivity contribution in [2.75, 3.05) is 13.6 Å². The first-order valence-corrected chi connectivity index (χ1v) is 8.87. The summed E-state index contributed by atoms with van der Waals surface area (Å²) in [5.74, 6) is 1.01. The summed E-state index contributed by atoms with van der Waals surface area (Å²) < 4.78 is 5.22. The van der Waals surface area contributed by atoms with Crippen molar-refractivity contribution in [3.8, 4) is 11.4 Å². The van der Waals surface area contributed by atoms with Crippen LogP contribution < -0.4 is 0 Å². The molecule has 0 bridgehead atoms. The van der Waals surface area contributed by atoms with E-state index in [-0.39, 0.29) is 5.91 Å². The van der Waals surface area contributed by atoms with Gasteiger partial charge in [-0.25, -0.2) is 4.98 Å². The van der Waals surface area contributed by atoms with Gasteiger partial charge < -0.3 is 9.42 Å². The molecule has 0 aliphatic heterocycles. The molecular weight excluding hydrogens is 338 g/mol. The second kappa shape index (κ2) is 7.98. The smallest absolute Gasteiger partial charge is 0.227 e. The molecule has 0 saturated heterocycles. The number of likely N-dealkylation sites (N-methyl/N-ethyl adjacent to an activating group) is 1. The highest BCUT2D eigenvalue weighted by Crippen LogP contribution is 2.15. The summed E-state index contributed by atoms with van der Waals surface area (Å²) >= 11 is 1.63. The van der Waals surface area contributed by atoms with Gasteiger partial charge in [-0.2, -0.15) is 4.98 Å². The normalized spacial score (nSPS) is 10.8. The fourth-order valence-corrected chi connectivity index (χ4v) is 3.10. The van der Waals surface area contributed by atoms with Crippen molar-refractivity contribution in [1.29, 1.82) is 0 Å². The minimum Gasteiger partial charge on any atom is -0.345 e. The fourth-order valence-electron chi connectivity index (χ4n) is 2.33. The molecule has 3 aromatic rings. The van der Waals surface area contributed by atoms with Crippen molar-refractivity contribution in [3.05, 3.63) is 46.5 Å². The number of thiazole rings is 1. The molecule has 0 fully saturated rings. The molecule has 0 unspecified atom stereocenters. The van der Waals surface area contributed by atoms with Crippen LogP contribution in [-0.2, 0) is 17.6 Å². The van der Waals surface area contributed by atoms with E-state index in [0.717, 1.165) is 17.7 Å². The largest absolute Gasteiger partial charge is 0.345 e. The lowest BCUT2D eigenvalue weighted by Crippen LogP contribution is -2.29. The van der Waals surface area contributed by atoms with Crippen LogP contribution in [0.1, 0.15) is 22.9 Å². The zero-order chi connectivity index (χ0) is 17.6. The summed E-state index contributed by atoms with van der Waals surface area (Å²) in [6.07, 6.45) is 4.95. The van der Waals surface area contributed by atoms with Gasteiger partial charge in [0.25, 0.3) is 0 Å². The molecule has 3 aromatic heterocycles. The predicted molar refractivity (Wildman–Crippen MR) is 94.0 cm³/mol. The van der Waals surface area contributed by atoms with E-state index in [0.29, 0.717) is 31.1 Å². The number of aromatic nitrogens is 4. The quantitative estimate of drug-likeness (QED) is 0.646. The number of hydrogen-bond acceptors (Lipinski definition) is 7. The maximum atomic E-state index is 12.3. The molecule has 130 valence electrons. The number of carbonyl (C=O) groups is 1. The van der Waals surface area contributed by atoms with E-state index in [1.807, 2.05) is 31.6 Å². The van der Waals surface area contributed by atoms with Crippen LogP contribution in [0.5, 0.6) is 0 Å². The van der Waals surface area contributed by atoms with Gasteiger partial charge in [-0.05, 0) is 19.1 Å². The Balaban J connectivity index is 1.49. The van der Waals surface area contributed by atoms with Crippen molar-refractivity contribution >= 4 is 17.2 Å². The fraction of sp³-hybridized carbons (Fsp3) is 0.353. The van der Waals surface area contributed by atoms with Crippen molar-refractivity contribution < 1.29 is 9.32 Å². The van der Waals surface area contributed by atoms with Crippen LogP contribution in [-0.4, -0.2) is 44.5 Å². The molecule has 1 amide bonds. The van der Waals surface area contributed by atoms with Gasteiger partial charge in [0.1, 0.15) is 0 Å². The highest BCUT2D eigenvalue weighted by Gasteiger charge is 2.14. The van der Waals surface area contributed by atoms with Crippen LogP contribution in [0.2, 0.25) is 0 Å². The molecule has 0 aromatic carbocycles. The van der Waals surface area contributed by atoms with Gasteiger partial charge in [-0.1, -0.05) is 5.16 Å². The first-order valence-electron chi connectivity index (χ1n) is 7.99. The van der Waals surface area contributed by atoms with Crippen molar-refractivity contribution in [3.63, 3.8) is 0 Å². The van der Waals surface area contributed by atoms with E-state index >= 15 is 0 Å². The standard InChI is InChI=1S/C17H19N5O2S/c1-12-14(25-11-19-12)7-9-22(2)16(23)6-5-15-20-17(21-24-15)13-4-3-8-18-10-13/h3-4,8,10-11H,5-7,9H2,1-2H3. The van der Waals surface area contributed by atoms with E-state index in [1.54, 1.807) is 28.6 Å². The van der Waals surface area contributed by atoms with Crippen LogP contribution in [0.4, 0.5) is 0 Å². The van der Waals surface area contributed by atoms with Crippen LogP contribution in [0.15, 0.2) is 34.6 Å². The number of rotatable bonds is 7. The molecule has 3 rings (SSSR count). The van der Waals surface area contributed by atoms with Crippen molar-refractivity contribution in [2.45, 2.75) is 26.2 Å². The summed E-state index contributed by atoms with van der Waals surface area (Å²) in [7, 11) is 1.81. The first-order chi connectivity index (χ1) is 12.1. The van der Waals surface area contributed by atoms with Crippen LogP contribution in [0, 0.1) is 6.92 Å². The van der Waals surface area contributed by atoms with E-state index in [4.69, 9.17) is 4.52 Å². The van der Waals surface area contributed by atoms with Crippen molar-refractivity contribution in [1.82, 2.24) is 25.0 Å². The third-order valence-corrected chi connectivity index (χ3v) is 4.88. The molecule has 0 N–H and O–H groups in total. The second-order valence-corrected chi connectivity index (χ2v) is 6.62. The first kappa shape index (κ1) is 17.2. The van der Waals surface area contributed by atoms with Gasteiger partial charge in [-0.3, -0.25) is 9.78 Å². The summed E-state index contributed by atoms with van der Waals surface area (Å²) in [5.41, 5.74) is 3.67. The third-order valence-electron chi connectivity index (χ3n) is 3.89. The van der Waals surface area contributed by atoms with E-state index in [2.05, 4.69) is 20.1 Å². The maximum Gasteiger partial charge on any atom is 0.227 e. The van der Waals surface area contributed by atoms with Gasteiger partial charge in [0.15, 0.2) is 0 Å². The lowest BCUT2D eigenvalue weighted by atomic mass is 10.2. The molecule has 0 spiro atoms. The number of aryl methyl sites for hydroxylation is 2. The molecule has 0 saturated carbocycles. The Morgan fingerprint density at radius 3 is 2.96 bits per heavy atom. The minimum atomic E-state index is 0.0586. The van der Waals surface area contributed by atoms with Gasteiger partial charge >= 0.3 is 0 Å². The van der Waals surface area contributed by atoms with Gasteiger partial charge in [0.05, 0.1) is 11.2 Å². The van der Waals surface area contributed by atoms with Gasteiger partial charge in [-0.15, -0.1) is 11.3 Å². The summed E-state index contributed by atoms with van der Waals surface area (Å²) in [4.78, 5) is 27.8. The highest BCUT2D eigenvalue weighted by atomic mass is 32.1. The monoisotopic (exact) mass is 357 g/mol. The van der Waals surface area contributed by atoms with E-state index in [1.165, 1.54) is 4.88 Å². The van der Waals surface area contributed by atoms with Crippen LogP contribution >= 0.6 is 11.3 Å². The highest BCUT2D eigenvalue weighted by molar-refractivity contribution is 7.09. The lowest BCUT2D eigenvalue weighted by Gasteiger charge is -2.16. The van der Waals surface area contributed by atoms with Crippen molar-refractivity contribution in [2.24, 2.45) is 0 Å². The molecule has 0 radical (unpaired) electrons. The maximum absolute atomic E-state index is 12.3. The Hall–Kier alpha value is -2.61. The summed E-state index contributed by atoms with van der Waals surface area (Å²) in [6, 6.07) is 3.68.